The summed E-state index contributed by atoms with van der Waals surface area (Å²) in [5, 5.41) is 11.3. The summed E-state index contributed by atoms with van der Waals surface area (Å²) in [7, 11) is 0. The maximum atomic E-state index is 12.2. The van der Waals surface area contributed by atoms with E-state index in [0.717, 1.165) is 27.9 Å². The van der Waals surface area contributed by atoms with Crippen molar-refractivity contribution in [2.75, 3.05) is 11.1 Å². The van der Waals surface area contributed by atoms with Crippen molar-refractivity contribution < 1.29 is 4.79 Å². The third-order valence-corrected chi connectivity index (χ3v) is 5.95. The molecule has 4 rings (SSSR count). The molecule has 1 aliphatic rings. The molecule has 30 heavy (non-hydrogen) atoms. The van der Waals surface area contributed by atoms with E-state index in [1.54, 1.807) is 6.20 Å². The molecule has 0 spiro atoms. The van der Waals surface area contributed by atoms with Crippen molar-refractivity contribution in [2.24, 2.45) is 0 Å². The Morgan fingerprint density at radius 3 is 2.80 bits per heavy atom. The number of aromatic nitrogens is 4. The monoisotopic (exact) mass is 423 g/mol. The van der Waals surface area contributed by atoms with Gasteiger partial charge in [0.1, 0.15) is 0 Å². The average molecular weight is 424 g/mol. The van der Waals surface area contributed by atoms with E-state index in [1.807, 2.05) is 26.8 Å². The first-order valence-corrected chi connectivity index (χ1v) is 10.9. The van der Waals surface area contributed by atoms with Gasteiger partial charge in [0.25, 0.3) is 0 Å². The van der Waals surface area contributed by atoms with Gasteiger partial charge < -0.3 is 10.6 Å². The van der Waals surface area contributed by atoms with Gasteiger partial charge in [-0.1, -0.05) is 23.4 Å². The van der Waals surface area contributed by atoms with Crippen molar-refractivity contribution in [2.45, 2.75) is 51.6 Å². The molecule has 1 aromatic carbocycles. The van der Waals surface area contributed by atoms with Gasteiger partial charge >= 0.3 is 0 Å². The normalized spacial score (nSPS) is 19.0. The number of hydrogen-bond acceptors (Lipinski definition) is 8. The summed E-state index contributed by atoms with van der Waals surface area (Å²) >= 11 is 1.54. The molecule has 1 aliphatic heterocycles. The highest BCUT2D eigenvalue weighted by Gasteiger charge is 2.26. The second kappa shape index (κ2) is 8.53. The maximum absolute atomic E-state index is 12.2. The molecule has 0 bridgehead atoms. The first-order chi connectivity index (χ1) is 14.4. The summed E-state index contributed by atoms with van der Waals surface area (Å²) in [5.74, 6) is 1.15. The number of carbonyl (C=O) groups excluding carboxylic acids is 1. The van der Waals surface area contributed by atoms with E-state index in [9.17, 15) is 4.79 Å². The van der Waals surface area contributed by atoms with Gasteiger partial charge in [0, 0.05) is 35.5 Å². The molecule has 3 heterocycles. The van der Waals surface area contributed by atoms with Crippen molar-refractivity contribution in [3.63, 3.8) is 0 Å². The number of nitrogens with one attached hydrogen (secondary N) is 3. The number of amides is 1. The summed E-state index contributed by atoms with van der Waals surface area (Å²) < 4.78 is 0. The predicted octanol–water partition coefficient (Wildman–Crippen LogP) is 2.62. The second-order valence-corrected chi connectivity index (χ2v) is 8.60. The smallest absolute Gasteiger partial charge is 0.226 e. The number of hydrogen-bond donors (Lipinski definition) is 3. The summed E-state index contributed by atoms with van der Waals surface area (Å²) in [6.45, 7) is 8.03. The first-order valence-electron chi connectivity index (χ1n) is 9.87. The molecule has 9 heteroatoms. The Kier molecular flexibility index (Phi) is 5.83. The molecule has 2 aromatic heterocycles. The molecular formula is C21H25N7OS. The van der Waals surface area contributed by atoms with Crippen molar-refractivity contribution in [3.05, 3.63) is 46.9 Å². The Balaban J connectivity index is 1.47. The SMILES string of the molecule is Cc1cc(C)c2nc(NC3NC(=O)CC(CSc4nccc(C)n4)N3)nc(C)c2c1. The predicted molar refractivity (Wildman–Crippen MR) is 118 cm³/mol. The fourth-order valence-corrected chi connectivity index (χ4v) is 4.47. The lowest BCUT2D eigenvalue weighted by Crippen LogP contribution is -2.60. The molecule has 3 N–H and O–H groups in total. The van der Waals surface area contributed by atoms with Crippen molar-refractivity contribution in [1.82, 2.24) is 30.6 Å². The van der Waals surface area contributed by atoms with E-state index in [0.29, 0.717) is 23.3 Å². The summed E-state index contributed by atoms with van der Waals surface area (Å²) in [6, 6.07) is 6.06. The molecule has 3 aromatic rings. The Bertz CT molecular complexity index is 1100. The number of thioether (sulfide) groups is 1. The van der Waals surface area contributed by atoms with Gasteiger partial charge in [0.05, 0.1) is 11.2 Å². The van der Waals surface area contributed by atoms with Crippen LogP contribution in [-0.2, 0) is 4.79 Å². The Hall–Kier alpha value is -2.78. The lowest BCUT2D eigenvalue weighted by atomic mass is 10.1. The zero-order valence-corrected chi connectivity index (χ0v) is 18.3. The van der Waals surface area contributed by atoms with Crippen molar-refractivity contribution >= 4 is 34.5 Å². The highest BCUT2D eigenvalue weighted by Crippen LogP contribution is 2.23. The van der Waals surface area contributed by atoms with Crippen LogP contribution in [0.4, 0.5) is 5.95 Å². The van der Waals surface area contributed by atoms with E-state index >= 15 is 0 Å². The van der Waals surface area contributed by atoms with E-state index in [2.05, 4.69) is 54.9 Å². The van der Waals surface area contributed by atoms with Gasteiger partial charge in [-0.3, -0.25) is 10.1 Å². The van der Waals surface area contributed by atoms with Crippen LogP contribution in [0.15, 0.2) is 29.6 Å². The Morgan fingerprint density at radius 1 is 1.17 bits per heavy atom. The molecular weight excluding hydrogens is 398 g/mol. The number of fused-ring (bicyclic) bond motifs is 1. The number of carbonyl (C=O) groups is 1. The van der Waals surface area contributed by atoms with Gasteiger partial charge in [-0.2, -0.15) is 0 Å². The quantitative estimate of drug-likeness (QED) is 0.425. The summed E-state index contributed by atoms with van der Waals surface area (Å²) in [6.07, 6.45) is 1.70. The van der Waals surface area contributed by atoms with Crippen LogP contribution in [-0.4, -0.2) is 43.9 Å². The molecule has 2 unspecified atom stereocenters. The highest BCUT2D eigenvalue weighted by molar-refractivity contribution is 7.99. The van der Waals surface area contributed by atoms with Crippen LogP contribution in [0.1, 0.15) is 28.9 Å². The largest absolute Gasteiger partial charge is 0.323 e. The minimum Gasteiger partial charge on any atom is -0.323 e. The molecule has 156 valence electrons. The average Bonchev–Trinajstić information content (AvgIpc) is 2.67. The Morgan fingerprint density at radius 2 is 2.00 bits per heavy atom. The maximum Gasteiger partial charge on any atom is 0.226 e. The van der Waals surface area contributed by atoms with Crippen molar-refractivity contribution in [1.29, 1.82) is 0 Å². The fourth-order valence-electron chi connectivity index (χ4n) is 3.56. The molecule has 0 radical (unpaired) electrons. The number of nitrogens with zero attached hydrogens (tertiary/aromatic N) is 4. The number of aryl methyl sites for hydroxylation is 4. The summed E-state index contributed by atoms with van der Waals surface area (Å²) in [5.41, 5.74) is 5.04. The van der Waals surface area contributed by atoms with Gasteiger partial charge in [0.2, 0.25) is 11.9 Å². The minimum absolute atomic E-state index is 0.0173. The molecule has 2 atom stereocenters. The van der Waals surface area contributed by atoms with E-state index < -0.39 is 6.29 Å². The lowest BCUT2D eigenvalue weighted by Gasteiger charge is -2.31. The number of benzene rings is 1. The molecule has 0 aliphatic carbocycles. The van der Waals surface area contributed by atoms with Crippen LogP contribution in [0, 0.1) is 27.7 Å². The van der Waals surface area contributed by atoms with Gasteiger partial charge in [-0.15, -0.1) is 0 Å². The molecule has 0 saturated carbocycles. The zero-order chi connectivity index (χ0) is 21.3. The topological polar surface area (TPSA) is 105 Å². The van der Waals surface area contributed by atoms with Crippen molar-refractivity contribution in [3.8, 4) is 0 Å². The lowest BCUT2D eigenvalue weighted by molar-refractivity contribution is -0.123. The van der Waals surface area contributed by atoms with Gasteiger partial charge in [-0.25, -0.2) is 19.9 Å². The second-order valence-electron chi connectivity index (χ2n) is 7.61. The molecule has 1 fully saturated rings. The van der Waals surface area contributed by atoms with Crippen LogP contribution in [0.5, 0.6) is 0 Å². The zero-order valence-electron chi connectivity index (χ0n) is 17.5. The van der Waals surface area contributed by atoms with Crippen LogP contribution >= 0.6 is 11.8 Å². The van der Waals surface area contributed by atoms with Gasteiger partial charge in [-0.05, 0) is 45.4 Å². The number of anilines is 1. The van der Waals surface area contributed by atoms with Gasteiger partial charge in [0.15, 0.2) is 11.4 Å². The molecule has 8 nitrogen and oxygen atoms in total. The standard InChI is InChI=1S/C21H25N7OS/c1-11-7-12(2)18-16(8-11)14(4)24-19(27-18)28-20-25-15(9-17(29)26-20)10-30-21-22-6-5-13(3)23-21/h5-8,15,20,25H,9-10H2,1-4H3,(H,26,29)(H,24,27,28). The van der Waals surface area contributed by atoms with Crippen LogP contribution in [0.25, 0.3) is 10.9 Å². The highest BCUT2D eigenvalue weighted by atomic mass is 32.2. The third kappa shape index (κ3) is 4.68. The van der Waals surface area contributed by atoms with Crippen LogP contribution in [0.3, 0.4) is 0 Å². The van der Waals surface area contributed by atoms with Crippen LogP contribution in [0.2, 0.25) is 0 Å². The molecule has 1 amide bonds. The Labute approximate surface area is 179 Å². The molecule has 1 saturated heterocycles. The summed E-state index contributed by atoms with van der Waals surface area (Å²) in [4.78, 5) is 30.2. The first kappa shape index (κ1) is 20.5. The third-order valence-electron chi connectivity index (χ3n) is 4.93. The minimum atomic E-state index is -0.446. The van der Waals surface area contributed by atoms with E-state index in [4.69, 9.17) is 0 Å². The van der Waals surface area contributed by atoms with E-state index in [1.165, 1.54) is 17.3 Å². The number of rotatable bonds is 5. The van der Waals surface area contributed by atoms with Crippen LogP contribution < -0.4 is 16.0 Å². The fraction of sp³-hybridized carbons (Fsp3) is 0.381. The van der Waals surface area contributed by atoms with E-state index in [-0.39, 0.29) is 11.9 Å².